The average Bonchev–Trinajstić information content (AvgIpc) is 2.80. The van der Waals surface area contributed by atoms with Gasteiger partial charge in [-0.1, -0.05) is 29.4 Å². The van der Waals surface area contributed by atoms with Gasteiger partial charge in [0.1, 0.15) is 9.77 Å². The summed E-state index contributed by atoms with van der Waals surface area (Å²) < 4.78 is 0. The Morgan fingerprint density at radius 2 is 2.21 bits per heavy atom. The van der Waals surface area contributed by atoms with Crippen molar-refractivity contribution in [3.05, 3.63) is 49.7 Å². The van der Waals surface area contributed by atoms with Crippen molar-refractivity contribution < 1.29 is 14.8 Å². The summed E-state index contributed by atoms with van der Waals surface area (Å²) in [6.07, 6.45) is 0. The highest BCUT2D eigenvalue weighted by atomic mass is 35.5. The van der Waals surface area contributed by atoms with Gasteiger partial charge in [0.25, 0.3) is 5.69 Å². The van der Waals surface area contributed by atoms with Crippen LogP contribution in [0.1, 0.15) is 9.67 Å². The maximum absolute atomic E-state index is 10.9. The monoisotopic (exact) mass is 315 g/mol. The van der Waals surface area contributed by atoms with Gasteiger partial charge in [0.05, 0.1) is 9.95 Å². The summed E-state index contributed by atoms with van der Waals surface area (Å²) in [4.78, 5) is 22.3. The highest BCUT2D eigenvalue weighted by molar-refractivity contribution is 7.99. The lowest BCUT2D eigenvalue weighted by Gasteiger charge is -2.03. The molecule has 2 aromatic rings. The Hall–Kier alpha value is -1.57. The van der Waals surface area contributed by atoms with Crippen LogP contribution in [0.5, 0.6) is 0 Å². The van der Waals surface area contributed by atoms with Gasteiger partial charge in [0.15, 0.2) is 0 Å². The summed E-state index contributed by atoms with van der Waals surface area (Å²) in [5.41, 5.74) is -0.0967. The second kappa shape index (κ2) is 5.60. The molecule has 19 heavy (non-hydrogen) atoms. The highest BCUT2D eigenvalue weighted by Gasteiger charge is 2.19. The zero-order valence-electron chi connectivity index (χ0n) is 9.20. The van der Waals surface area contributed by atoms with Gasteiger partial charge >= 0.3 is 5.97 Å². The maximum atomic E-state index is 10.9. The van der Waals surface area contributed by atoms with Gasteiger partial charge in [0.2, 0.25) is 0 Å². The second-order valence-electron chi connectivity index (χ2n) is 3.40. The first-order chi connectivity index (χ1) is 8.99. The fourth-order valence-corrected chi connectivity index (χ4v) is 3.47. The first-order valence-corrected chi connectivity index (χ1v) is 6.99. The van der Waals surface area contributed by atoms with Crippen molar-refractivity contribution in [2.75, 3.05) is 0 Å². The first-order valence-electron chi connectivity index (χ1n) is 4.91. The number of rotatable bonds is 4. The Balaban J connectivity index is 2.37. The molecule has 0 bridgehead atoms. The molecule has 1 aromatic heterocycles. The van der Waals surface area contributed by atoms with E-state index in [-0.39, 0.29) is 15.6 Å². The van der Waals surface area contributed by atoms with Gasteiger partial charge in [-0.15, -0.1) is 11.3 Å². The number of carboxylic acids is 1. The standard InChI is InChI=1S/C11H6ClNO4S2/c12-7-2-1-3-8(13(16)17)10(7)19-6-4-9(11(14)15)18-5-6/h1-5H,(H,14,15). The molecule has 0 atom stereocenters. The molecule has 0 aliphatic carbocycles. The minimum absolute atomic E-state index is 0.0967. The molecule has 1 N–H and O–H groups in total. The van der Waals surface area contributed by atoms with Crippen molar-refractivity contribution in [1.29, 1.82) is 0 Å². The molecule has 8 heteroatoms. The number of carbonyl (C=O) groups is 1. The molecule has 0 aliphatic heterocycles. The van der Waals surface area contributed by atoms with Crippen molar-refractivity contribution in [2.45, 2.75) is 9.79 Å². The van der Waals surface area contributed by atoms with Crippen molar-refractivity contribution in [3.63, 3.8) is 0 Å². The zero-order chi connectivity index (χ0) is 14.0. The van der Waals surface area contributed by atoms with Crippen LogP contribution in [-0.2, 0) is 0 Å². The summed E-state index contributed by atoms with van der Waals surface area (Å²) in [5, 5.41) is 21.6. The van der Waals surface area contributed by atoms with Crippen LogP contribution in [0.3, 0.4) is 0 Å². The third-order valence-electron chi connectivity index (χ3n) is 2.15. The Morgan fingerprint density at radius 3 is 2.79 bits per heavy atom. The average molecular weight is 316 g/mol. The quantitative estimate of drug-likeness (QED) is 0.677. The van der Waals surface area contributed by atoms with E-state index in [0.29, 0.717) is 9.79 Å². The van der Waals surface area contributed by atoms with Crippen LogP contribution in [-0.4, -0.2) is 16.0 Å². The maximum Gasteiger partial charge on any atom is 0.345 e. The number of nitro groups is 1. The number of benzene rings is 1. The van der Waals surface area contributed by atoms with Crippen LogP contribution in [0.4, 0.5) is 5.69 Å². The predicted molar refractivity (Wildman–Crippen MR) is 73.5 cm³/mol. The minimum Gasteiger partial charge on any atom is -0.477 e. The smallest absolute Gasteiger partial charge is 0.345 e. The molecule has 0 saturated carbocycles. The molecule has 1 heterocycles. The van der Waals surface area contributed by atoms with Gasteiger partial charge in [-0.25, -0.2) is 4.79 Å². The lowest BCUT2D eigenvalue weighted by molar-refractivity contribution is -0.387. The van der Waals surface area contributed by atoms with E-state index in [9.17, 15) is 14.9 Å². The molecule has 2 rings (SSSR count). The largest absolute Gasteiger partial charge is 0.477 e. The Morgan fingerprint density at radius 1 is 1.47 bits per heavy atom. The van der Waals surface area contributed by atoms with Crippen LogP contribution >= 0.6 is 34.7 Å². The minimum atomic E-state index is -1.02. The Bertz CT molecular complexity index is 656. The van der Waals surface area contributed by atoms with E-state index in [1.807, 2.05) is 0 Å². The van der Waals surface area contributed by atoms with E-state index in [4.69, 9.17) is 16.7 Å². The third kappa shape index (κ3) is 3.06. The SMILES string of the molecule is O=C(O)c1cc(Sc2c(Cl)cccc2[N+](=O)[O-])cs1. The summed E-state index contributed by atoms with van der Waals surface area (Å²) in [5.74, 6) is -1.02. The van der Waals surface area contributed by atoms with E-state index in [1.54, 1.807) is 11.4 Å². The number of hydrogen-bond donors (Lipinski definition) is 1. The van der Waals surface area contributed by atoms with Crippen LogP contribution in [0, 0.1) is 10.1 Å². The molecule has 5 nitrogen and oxygen atoms in total. The van der Waals surface area contributed by atoms with Crippen molar-refractivity contribution >= 4 is 46.4 Å². The van der Waals surface area contributed by atoms with Gasteiger partial charge in [0, 0.05) is 16.3 Å². The molecule has 0 fully saturated rings. The number of halogens is 1. The van der Waals surface area contributed by atoms with Crippen molar-refractivity contribution in [1.82, 2.24) is 0 Å². The molecule has 0 amide bonds. The molecule has 0 radical (unpaired) electrons. The summed E-state index contributed by atoms with van der Waals surface area (Å²) in [6.45, 7) is 0. The van der Waals surface area contributed by atoms with Crippen LogP contribution in [0.2, 0.25) is 5.02 Å². The fourth-order valence-electron chi connectivity index (χ4n) is 1.34. The van der Waals surface area contributed by atoms with E-state index in [2.05, 4.69) is 0 Å². The number of nitro benzene ring substituents is 1. The molecule has 0 saturated heterocycles. The van der Waals surface area contributed by atoms with E-state index in [1.165, 1.54) is 18.2 Å². The van der Waals surface area contributed by atoms with E-state index in [0.717, 1.165) is 23.1 Å². The summed E-state index contributed by atoms with van der Waals surface area (Å²) >= 11 is 8.10. The van der Waals surface area contributed by atoms with E-state index < -0.39 is 10.9 Å². The Labute approximate surface area is 121 Å². The Kier molecular flexibility index (Phi) is 4.08. The molecular weight excluding hydrogens is 310 g/mol. The third-order valence-corrected chi connectivity index (χ3v) is 4.75. The highest BCUT2D eigenvalue weighted by Crippen LogP contribution is 2.41. The van der Waals surface area contributed by atoms with Gasteiger partial charge in [-0.3, -0.25) is 10.1 Å². The fraction of sp³-hybridized carbons (Fsp3) is 0. The molecule has 0 aliphatic rings. The van der Waals surface area contributed by atoms with Crippen LogP contribution in [0.15, 0.2) is 39.4 Å². The summed E-state index contributed by atoms with van der Waals surface area (Å²) in [6, 6.07) is 5.88. The molecule has 1 aromatic carbocycles. The molecule has 0 spiro atoms. The lowest BCUT2D eigenvalue weighted by atomic mass is 10.3. The number of nitrogens with zero attached hydrogens (tertiary/aromatic N) is 1. The van der Waals surface area contributed by atoms with Gasteiger partial charge < -0.3 is 5.11 Å². The molecule has 0 unspecified atom stereocenters. The van der Waals surface area contributed by atoms with E-state index >= 15 is 0 Å². The topological polar surface area (TPSA) is 80.4 Å². The molecule has 98 valence electrons. The summed E-state index contributed by atoms with van der Waals surface area (Å²) in [7, 11) is 0. The lowest BCUT2D eigenvalue weighted by Crippen LogP contribution is -1.91. The number of hydrogen-bond acceptors (Lipinski definition) is 5. The van der Waals surface area contributed by atoms with Crippen molar-refractivity contribution in [2.24, 2.45) is 0 Å². The van der Waals surface area contributed by atoms with Gasteiger partial charge in [-0.05, 0) is 12.1 Å². The van der Waals surface area contributed by atoms with Crippen LogP contribution in [0.25, 0.3) is 0 Å². The normalized spacial score (nSPS) is 10.4. The van der Waals surface area contributed by atoms with Crippen LogP contribution < -0.4 is 0 Å². The number of aromatic carboxylic acids is 1. The molecular formula is C11H6ClNO4S2. The number of carboxylic acid groups (broad SMARTS) is 1. The second-order valence-corrected chi connectivity index (χ2v) is 5.80. The number of thiophene rings is 1. The zero-order valence-corrected chi connectivity index (χ0v) is 11.6. The van der Waals surface area contributed by atoms with Gasteiger partial charge in [-0.2, -0.15) is 0 Å². The predicted octanol–water partition coefficient (Wildman–Crippen LogP) is 4.16. The van der Waals surface area contributed by atoms with Crippen molar-refractivity contribution in [3.8, 4) is 0 Å². The first kappa shape index (κ1) is 13.9.